The highest BCUT2D eigenvalue weighted by Gasteiger charge is 2.43. The molecule has 1 aromatic rings. The lowest BCUT2D eigenvalue weighted by Crippen LogP contribution is -3.22. The molecule has 1 aromatic carbocycles. The summed E-state index contributed by atoms with van der Waals surface area (Å²) in [4.78, 5) is 26.7. The lowest BCUT2D eigenvalue weighted by molar-refractivity contribution is -0.953. The first kappa shape index (κ1) is 19.4. The molecule has 28 heavy (non-hydrogen) atoms. The van der Waals surface area contributed by atoms with Crippen molar-refractivity contribution in [1.82, 2.24) is 5.32 Å². The van der Waals surface area contributed by atoms with E-state index in [9.17, 15) is 9.59 Å². The van der Waals surface area contributed by atoms with Gasteiger partial charge in [0.2, 0.25) is 5.91 Å². The standard InChI is InChI=1S/C23H33N3O2/c27-22(24-18-10-5-2-6-11-18)16-26-20-12-7-13-21(26)15-19(14-20)25-23(28)17-8-3-1-4-9-17/h2,5-6,10-11,17,19-21H,1,3-4,7-9,12-16H2,(H,24,27)(H,25,28)/p+1/t19?,20-,21+. The molecule has 5 nitrogen and oxygen atoms in total. The van der Waals surface area contributed by atoms with Gasteiger partial charge >= 0.3 is 0 Å². The van der Waals surface area contributed by atoms with Crippen molar-refractivity contribution in [2.75, 3.05) is 11.9 Å². The van der Waals surface area contributed by atoms with Crippen molar-refractivity contribution >= 4 is 17.5 Å². The molecule has 3 aliphatic rings. The zero-order chi connectivity index (χ0) is 19.3. The van der Waals surface area contributed by atoms with Crippen LogP contribution in [0, 0.1) is 5.92 Å². The van der Waals surface area contributed by atoms with Crippen LogP contribution in [-0.2, 0) is 9.59 Å². The lowest BCUT2D eigenvalue weighted by atomic mass is 9.81. The van der Waals surface area contributed by atoms with Crippen molar-refractivity contribution in [2.24, 2.45) is 5.92 Å². The number of carbonyl (C=O) groups is 2. The maximum Gasteiger partial charge on any atom is 0.279 e. The Morgan fingerprint density at radius 2 is 1.57 bits per heavy atom. The summed E-state index contributed by atoms with van der Waals surface area (Å²) in [6, 6.07) is 11.0. The number of carbonyl (C=O) groups excluding carboxylic acids is 2. The van der Waals surface area contributed by atoms with Crippen LogP contribution in [0.5, 0.6) is 0 Å². The average molecular weight is 385 g/mol. The van der Waals surface area contributed by atoms with Gasteiger partial charge in [0.25, 0.3) is 5.91 Å². The molecule has 5 heteroatoms. The molecule has 2 aliphatic heterocycles. The molecule has 3 N–H and O–H groups in total. The maximum atomic E-state index is 12.7. The molecule has 3 fully saturated rings. The number of amides is 2. The molecule has 2 heterocycles. The molecule has 2 bridgehead atoms. The normalized spacial score (nSPS) is 30.4. The van der Waals surface area contributed by atoms with E-state index < -0.39 is 0 Å². The Hall–Kier alpha value is -1.88. The Morgan fingerprint density at radius 3 is 2.25 bits per heavy atom. The van der Waals surface area contributed by atoms with Crippen molar-refractivity contribution in [3.05, 3.63) is 30.3 Å². The Morgan fingerprint density at radius 1 is 0.893 bits per heavy atom. The number of hydrogen-bond donors (Lipinski definition) is 3. The van der Waals surface area contributed by atoms with E-state index in [2.05, 4.69) is 10.6 Å². The Balaban J connectivity index is 1.31. The minimum atomic E-state index is 0.0998. The molecule has 4 rings (SSSR count). The van der Waals surface area contributed by atoms with E-state index in [0.717, 1.165) is 31.4 Å². The summed E-state index contributed by atoms with van der Waals surface area (Å²) in [6.07, 6.45) is 11.4. The first-order valence-corrected chi connectivity index (χ1v) is 11.2. The Kier molecular flexibility index (Phi) is 6.30. The number of quaternary nitrogens is 1. The first-order valence-electron chi connectivity index (χ1n) is 11.2. The zero-order valence-corrected chi connectivity index (χ0v) is 16.8. The molecule has 2 amide bonds. The van der Waals surface area contributed by atoms with Gasteiger partial charge in [0.15, 0.2) is 6.54 Å². The Bertz CT molecular complexity index is 658. The van der Waals surface area contributed by atoms with Gasteiger partial charge in [0, 0.05) is 30.5 Å². The van der Waals surface area contributed by atoms with E-state index in [1.54, 1.807) is 0 Å². The largest absolute Gasteiger partial charge is 0.353 e. The van der Waals surface area contributed by atoms with Gasteiger partial charge in [-0.05, 0) is 44.2 Å². The molecule has 2 saturated heterocycles. The van der Waals surface area contributed by atoms with E-state index in [1.165, 1.54) is 43.4 Å². The second kappa shape index (κ2) is 9.08. The van der Waals surface area contributed by atoms with Crippen molar-refractivity contribution in [1.29, 1.82) is 0 Å². The van der Waals surface area contributed by atoms with Crippen LogP contribution in [-0.4, -0.2) is 36.5 Å². The molecule has 0 aromatic heterocycles. The van der Waals surface area contributed by atoms with Crippen LogP contribution < -0.4 is 15.5 Å². The second-order valence-corrected chi connectivity index (χ2v) is 9.00. The van der Waals surface area contributed by atoms with Crippen LogP contribution in [0.4, 0.5) is 5.69 Å². The molecule has 0 spiro atoms. The third-order valence-electron chi connectivity index (χ3n) is 7.04. The van der Waals surface area contributed by atoms with Crippen LogP contribution in [0.25, 0.3) is 0 Å². The molecular formula is C23H34N3O2+. The minimum Gasteiger partial charge on any atom is -0.353 e. The third-order valence-corrected chi connectivity index (χ3v) is 7.04. The van der Waals surface area contributed by atoms with Crippen LogP contribution in [0.3, 0.4) is 0 Å². The Labute approximate surface area is 168 Å². The van der Waals surface area contributed by atoms with Gasteiger partial charge in [0.05, 0.1) is 12.1 Å². The molecule has 1 saturated carbocycles. The summed E-state index contributed by atoms with van der Waals surface area (Å²) >= 11 is 0. The highest BCUT2D eigenvalue weighted by molar-refractivity contribution is 5.91. The second-order valence-electron chi connectivity index (χ2n) is 9.00. The molecule has 2 unspecified atom stereocenters. The fraction of sp³-hybridized carbons (Fsp3) is 0.652. The number of piperidine rings is 2. The van der Waals surface area contributed by atoms with Gasteiger partial charge in [-0.3, -0.25) is 9.59 Å². The summed E-state index contributed by atoms with van der Waals surface area (Å²) in [5.74, 6) is 0.617. The molecule has 152 valence electrons. The van der Waals surface area contributed by atoms with Gasteiger partial charge in [-0.1, -0.05) is 37.5 Å². The molecule has 0 radical (unpaired) electrons. The average Bonchev–Trinajstić information content (AvgIpc) is 2.70. The predicted molar refractivity (Wildman–Crippen MR) is 110 cm³/mol. The number of anilines is 1. The zero-order valence-electron chi connectivity index (χ0n) is 16.8. The first-order chi connectivity index (χ1) is 13.7. The van der Waals surface area contributed by atoms with Gasteiger partial charge in [-0.15, -0.1) is 0 Å². The van der Waals surface area contributed by atoms with Crippen LogP contribution in [0.2, 0.25) is 0 Å². The molecular weight excluding hydrogens is 350 g/mol. The number of nitrogens with one attached hydrogen (secondary N) is 3. The number of hydrogen-bond acceptors (Lipinski definition) is 2. The van der Waals surface area contributed by atoms with Crippen LogP contribution >= 0.6 is 0 Å². The SMILES string of the molecule is O=C(C[NH+]1[C@@H]2CCC[C@H]1CC(NC(=O)C1CCCCC1)C2)Nc1ccccc1. The van der Waals surface area contributed by atoms with E-state index in [-0.39, 0.29) is 17.7 Å². The summed E-state index contributed by atoms with van der Waals surface area (Å²) in [7, 11) is 0. The number of para-hydroxylation sites is 1. The van der Waals surface area contributed by atoms with Crippen molar-refractivity contribution in [3.63, 3.8) is 0 Å². The van der Waals surface area contributed by atoms with E-state index in [0.29, 0.717) is 24.7 Å². The van der Waals surface area contributed by atoms with E-state index >= 15 is 0 Å². The number of benzene rings is 1. The minimum absolute atomic E-state index is 0.0998. The molecule has 4 atom stereocenters. The van der Waals surface area contributed by atoms with E-state index in [1.807, 2.05) is 30.3 Å². The highest BCUT2D eigenvalue weighted by Crippen LogP contribution is 2.26. The van der Waals surface area contributed by atoms with Crippen LogP contribution in [0.15, 0.2) is 30.3 Å². The third kappa shape index (κ3) is 4.75. The van der Waals surface area contributed by atoms with Gasteiger partial charge in [-0.25, -0.2) is 0 Å². The van der Waals surface area contributed by atoms with Gasteiger partial charge in [0.1, 0.15) is 0 Å². The molecule has 1 aliphatic carbocycles. The van der Waals surface area contributed by atoms with Crippen LogP contribution in [0.1, 0.15) is 64.2 Å². The summed E-state index contributed by atoms with van der Waals surface area (Å²) in [5.41, 5.74) is 0.867. The number of fused-ring (bicyclic) bond motifs is 2. The summed E-state index contributed by atoms with van der Waals surface area (Å²) < 4.78 is 0. The van der Waals surface area contributed by atoms with Crippen molar-refractivity contribution < 1.29 is 14.5 Å². The monoisotopic (exact) mass is 384 g/mol. The van der Waals surface area contributed by atoms with E-state index in [4.69, 9.17) is 0 Å². The van der Waals surface area contributed by atoms with Crippen molar-refractivity contribution in [3.8, 4) is 0 Å². The predicted octanol–water partition coefficient (Wildman–Crippen LogP) is 2.29. The maximum absolute atomic E-state index is 12.7. The van der Waals surface area contributed by atoms with Crippen molar-refractivity contribution in [2.45, 2.75) is 82.3 Å². The van der Waals surface area contributed by atoms with Gasteiger partial charge in [-0.2, -0.15) is 0 Å². The highest BCUT2D eigenvalue weighted by atomic mass is 16.2. The smallest absolute Gasteiger partial charge is 0.279 e. The lowest BCUT2D eigenvalue weighted by Gasteiger charge is -2.45. The fourth-order valence-electron chi connectivity index (χ4n) is 5.64. The fourth-order valence-corrected chi connectivity index (χ4v) is 5.64. The summed E-state index contributed by atoms with van der Waals surface area (Å²) in [6.45, 7) is 0.535. The number of rotatable bonds is 5. The topological polar surface area (TPSA) is 62.6 Å². The summed E-state index contributed by atoms with van der Waals surface area (Å²) in [5, 5.41) is 6.41. The quantitative estimate of drug-likeness (QED) is 0.729. The van der Waals surface area contributed by atoms with Gasteiger partial charge < -0.3 is 15.5 Å².